The lowest BCUT2D eigenvalue weighted by Crippen LogP contribution is -2.15. The first-order chi connectivity index (χ1) is 12.5. The number of amides is 1. The van der Waals surface area contributed by atoms with Gasteiger partial charge in [0, 0.05) is 24.0 Å². The van der Waals surface area contributed by atoms with Crippen molar-refractivity contribution in [3.63, 3.8) is 0 Å². The lowest BCUT2D eigenvalue weighted by molar-refractivity contribution is 0.102. The van der Waals surface area contributed by atoms with Crippen LogP contribution in [-0.4, -0.2) is 21.0 Å². The molecule has 0 unspecified atom stereocenters. The predicted molar refractivity (Wildman–Crippen MR) is 96.6 cm³/mol. The zero-order chi connectivity index (χ0) is 18.7. The summed E-state index contributed by atoms with van der Waals surface area (Å²) in [7, 11) is 0. The van der Waals surface area contributed by atoms with Crippen molar-refractivity contribution in [3.05, 3.63) is 59.2 Å². The molecule has 0 aliphatic heterocycles. The zero-order valence-electron chi connectivity index (χ0n) is 15.1. The van der Waals surface area contributed by atoms with Crippen LogP contribution in [0.4, 0.5) is 5.69 Å². The van der Waals surface area contributed by atoms with Crippen LogP contribution in [0, 0.1) is 13.8 Å². The molecular weight excluding hydrogens is 332 g/mol. The first kappa shape index (κ1) is 17.6. The first-order valence-corrected chi connectivity index (χ1v) is 8.28. The molecule has 0 fully saturated rings. The summed E-state index contributed by atoms with van der Waals surface area (Å²) in [5, 5.41) is 6.83. The molecule has 1 N–H and O–H groups in total. The summed E-state index contributed by atoms with van der Waals surface area (Å²) in [6, 6.07) is 7.34. The van der Waals surface area contributed by atoms with Crippen LogP contribution in [0.15, 0.2) is 41.2 Å². The normalized spacial score (nSPS) is 10.8. The molecule has 7 nitrogen and oxygen atoms in total. The summed E-state index contributed by atoms with van der Waals surface area (Å²) in [5.74, 6) is 1.00. The van der Waals surface area contributed by atoms with Gasteiger partial charge in [0.25, 0.3) is 5.91 Å². The van der Waals surface area contributed by atoms with Crippen molar-refractivity contribution in [3.8, 4) is 11.8 Å². The molecule has 2 aromatic heterocycles. The molecule has 7 heteroatoms. The van der Waals surface area contributed by atoms with E-state index in [0.29, 0.717) is 28.5 Å². The molecule has 1 aromatic carbocycles. The number of nitrogens with one attached hydrogen (secondary N) is 1. The Labute approximate surface area is 151 Å². The number of nitrogens with zero attached hydrogens (tertiary/aromatic N) is 3. The molecule has 134 valence electrons. The minimum Gasteiger partial charge on any atom is -0.424 e. The Morgan fingerprint density at radius 1 is 1.19 bits per heavy atom. The van der Waals surface area contributed by atoms with Crippen LogP contribution in [0.25, 0.3) is 0 Å². The Balaban J connectivity index is 1.78. The minimum absolute atomic E-state index is 0.0692. The summed E-state index contributed by atoms with van der Waals surface area (Å²) >= 11 is 0. The molecule has 0 aliphatic rings. The SMILES string of the molecule is Cc1cc(Oc2ncccn2)ccc1NC(=O)c1c(C)noc1C(C)C. The van der Waals surface area contributed by atoms with Gasteiger partial charge in [0.05, 0.1) is 5.69 Å². The summed E-state index contributed by atoms with van der Waals surface area (Å²) < 4.78 is 10.9. The standard InChI is InChI=1S/C19H20N4O3/c1-11(2)17-16(13(4)23-26-17)18(24)22-15-7-6-14(10-12(15)3)25-19-20-8-5-9-21-19/h5-11H,1-4H3,(H,22,24). The topological polar surface area (TPSA) is 90.1 Å². The highest BCUT2D eigenvalue weighted by molar-refractivity contribution is 6.06. The second-order valence-corrected chi connectivity index (χ2v) is 6.23. The molecule has 0 saturated heterocycles. The second-order valence-electron chi connectivity index (χ2n) is 6.23. The third-order valence-electron chi connectivity index (χ3n) is 3.84. The van der Waals surface area contributed by atoms with Gasteiger partial charge in [0.2, 0.25) is 0 Å². The fraction of sp³-hybridized carbons (Fsp3) is 0.263. The van der Waals surface area contributed by atoms with E-state index >= 15 is 0 Å². The zero-order valence-corrected chi connectivity index (χ0v) is 15.1. The highest BCUT2D eigenvalue weighted by Gasteiger charge is 2.23. The third kappa shape index (κ3) is 3.72. The third-order valence-corrected chi connectivity index (χ3v) is 3.84. The van der Waals surface area contributed by atoms with E-state index in [1.54, 1.807) is 37.5 Å². The molecule has 0 bridgehead atoms. The largest absolute Gasteiger partial charge is 0.424 e. The molecule has 3 rings (SSSR count). The van der Waals surface area contributed by atoms with Crippen LogP contribution in [0.2, 0.25) is 0 Å². The maximum absolute atomic E-state index is 12.7. The summed E-state index contributed by atoms with van der Waals surface area (Å²) in [6.45, 7) is 7.56. The summed E-state index contributed by atoms with van der Waals surface area (Å²) in [4.78, 5) is 20.7. The number of aryl methyl sites for hydroxylation is 2. The Hall–Kier alpha value is -3.22. The second kappa shape index (κ2) is 7.35. The molecule has 2 heterocycles. The number of ether oxygens (including phenoxy) is 1. The highest BCUT2D eigenvalue weighted by atomic mass is 16.5. The van der Waals surface area contributed by atoms with Crippen molar-refractivity contribution < 1.29 is 14.1 Å². The number of aromatic nitrogens is 3. The van der Waals surface area contributed by atoms with E-state index in [9.17, 15) is 4.79 Å². The van der Waals surface area contributed by atoms with Crippen molar-refractivity contribution in [2.45, 2.75) is 33.6 Å². The molecule has 0 aliphatic carbocycles. The molecule has 1 amide bonds. The number of carbonyl (C=O) groups excluding carboxylic acids is 1. The smallest absolute Gasteiger partial charge is 0.321 e. The molecule has 26 heavy (non-hydrogen) atoms. The fourth-order valence-corrected chi connectivity index (χ4v) is 2.53. The lowest BCUT2D eigenvalue weighted by atomic mass is 10.0. The van der Waals surface area contributed by atoms with Gasteiger partial charge in [-0.3, -0.25) is 4.79 Å². The van der Waals surface area contributed by atoms with E-state index in [4.69, 9.17) is 9.26 Å². The van der Waals surface area contributed by atoms with Crippen molar-refractivity contribution >= 4 is 11.6 Å². The van der Waals surface area contributed by atoms with Crippen molar-refractivity contribution in [1.82, 2.24) is 15.1 Å². The Morgan fingerprint density at radius 2 is 1.92 bits per heavy atom. The minimum atomic E-state index is -0.240. The van der Waals surface area contributed by atoms with Crippen LogP contribution in [0.5, 0.6) is 11.8 Å². The van der Waals surface area contributed by atoms with Crippen LogP contribution in [0.3, 0.4) is 0 Å². The van der Waals surface area contributed by atoms with E-state index in [-0.39, 0.29) is 17.8 Å². The van der Waals surface area contributed by atoms with Crippen molar-refractivity contribution in [1.29, 1.82) is 0 Å². The number of carbonyl (C=O) groups is 1. The Kier molecular flexibility index (Phi) is 4.97. The number of hydrogen-bond donors (Lipinski definition) is 1. The van der Waals surface area contributed by atoms with Crippen LogP contribution < -0.4 is 10.1 Å². The maximum Gasteiger partial charge on any atom is 0.321 e. The number of rotatable bonds is 5. The predicted octanol–water partition coefficient (Wildman–Crippen LogP) is 4.25. The van der Waals surface area contributed by atoms with Gasteiger partial charge in [-0.25, -0.2) is 9.97 Å². The molecule has 0 atom stereocenters. The van der Waals surface area contributed by atoms with Gasteiger partial charge >= 0.3 is 6.01 Å². The van der Waals surface area contributed by atoms with Gasteiger partial charge in [-0.2, -0.15) is 0 Å². The molecule has 0 radical (unpaired) electrons. The van der Waals surface area contributed by atoms with Crippen LogP contribution in [0.1, 0.15) is 47.1 Å². The molecule has 0 saturated carbocycles. The van der Waals surface area contributed by atoms with Gasteiger partial charge in [-0.05, 0) is 43.7 Å². The van der Waals surface area contributed by atoms with E-state index in [1.165, 1.54) is 0 Å². The molecule has 3 aromatic rings. The average Bonchev–Trinajstić information content (AvgIpc) is 3.00. The maximum atomic E-state index is 12.7. The molecular formula is C19H20N4O3. The van der Waals surface area contributed by atoms with E-state index < -0.39 is 0 Å². The quantitative estimate of drug-likeness (QED) is 0.738. The number of anilines is 1. The first-order valence-electron chi connectivity index (χ1n) is 8.28. The molecule has 0 spiro atoms. The van der Waals surface area contributed by atoms with E-state index in [0.717, 1.165) is 5.56 Å². The summed E-state index contributed by atoms with van der Waals surface area (Å²) in [6.07, 6.45) is 3.22. The van der Waals surface area contributed by atoms with Crippen LogP contribution >= 0.6 is 0 Å². The average molecular weight is 352 g/mol. The van der Waals surface area contributed by atoms with Crippen LogP contribution in [-0.2, 0) is 0 Å². The van der Waals surface area contributed by atoms with Gasteiger partial charge in [-0.15, -0.1) is 0 Å². The lowest BCUT2D eigenvalue weighted by Gasteiger charge is -2.11. The Bertz CT molecular complexity index is 920. The monoisotopic (exact) mass is 352 g/mol. The van der Waals surface area contributed by atoms with Crippen molar-refractivity contribution in [2.24, 2.45) is 0 Å². The van der Waals surface area contributed by atoms with Crippen molar-refractivity contribution in [2.75, 3.05) is 5.32 Å². The van der Waals surface area contributed by atoms with Gasteiger partial charge in [0.15, 0.2) is 5.76 Å². The summed E-state index contributed by atoms with van der Waals surface area (Å²) in [5.41, 5.74) is 2.60. The van der Waals surface area contributed by atoms with E-state index in [1.807, 2.05) is 26.8 Å². The van der Waals surface area contributed by atoms with E-state index in [2.05, 4.69) is 20.4 Å². The van der Waals surface area contributed by atoms with Gasteiger partial charge in [-0.1, -0.05) is 19.0 Å². The Morgan fingerprint density at radius 3 is 2.58 bits per heavy atom. The number of hydrogen-bond acceptors (Lipinski definition) is 6. The van der Waals surface area contributed by atoms with Gasteiger partial charge < -0.3 is 14.6 Å². The van der Waals surface area contributed by atoms with Gasteiger partial charge in [0.1, 0.15) is 11.3 Å². The highest BCUT2D eigenvalue weighted by Crippen LogP contribution is 2.27. The fourth-order valence-electron chi connectivity index (χ4n) is 2.53. The number of benzene rings is 1.